The molecule has 0 aliphatic carbocycles. The maximum absolute atomic E-state index is 5.86. The molecule has 5 heteroatoms. The van der Waals surface area contributed by atoms with Gasteiger partial charge >= 0.3 is 0 Å². The lowest BCUT2D eigenvalue weighted by Crippen LogP contribution is -2.18. The molecule has 0 bridgehead atoms. The molecule has 0 unspecified atom stereocenters. The summed E-state index contributed by atoms with van der Waals surface area (Å²) in [6.07, 6.45) is 3.90. The second-order valence-electron chi connectivity index (χ2n) is 4.33. The number of benzene rings is 1. The van der Waals surface area contributed by atoms with Crippen LogP contribution in [0.5, 0.6) is 0 Å². The fourth-order valence-corrected chi connectivity index (χ4v) is 1.90. The van der Waals surface area contributed by atoms with Crippen molar-refractivity contribution >= 4 is 11.6 Å². The van der Waals surface area contributed by atoms with Crippen molar-refractivity contribution < 1.29 is 4.74 Å². The highest BCUT2D eigenvalue weighted by atomic mass is 35.5. The molecule has 0 aliphatic rings. The second kappa shape index (κ2) is 7.28. The number of nitrogens with zero attached hydrogens (tertiary/aromatic N) is 2. The lowest BCUT2D eigenvalue weighted by molar-refractivity contribution is 0.199. The summed E-state index contributed by atoms with van der Waals surface area (Å²) in [6, 6.07) is 7.86. The number of rotatable bonds is 7. The van der Waals surface area contributed by atoms with Gasteiger partial charge in [-0.05, 0) is 17.7 Å². The lowest BCUT2D eigenvalue weighted by atomic mass is 10.2. The zero-order valence-electron chi connectivity index (χ0n) is 11.0. The van der Waals surface area contributed by atoms with Gasteiger partial charge in [-0.1, -0.05) is 23.7 Å². The summed E-state index contributed by atoms with van der Waals surface area (Å²) in [5, 5.41) is 4.03. The van der Waals surface area contributed by atoms with Gasteiger partial charge in [-0.3, -0.25) is 0 Å². The molecule has 1 aromatic carbocycles. The van der Waals surface area contributed by atoms with Gasteiger partial charge in [-0.15, -0.1) is 0 Å². The highest BCUT2D eigenvalue weighted by Crippen LogP contribution is 2.10. The minimum absolute atomic E-state index is 0.714. The van der Waals surface area contributed by atoms with Gasteiger partial charge in [0.2, 0.25) is 0 Å². The molecule has 0 aliphatic heterocycles. The first-order valence-electron chi connectivity index (χ1n) is 6.22. The molecule has 0 radical (unpaired) electrons. The van der Waals surface area contributed by atoms with Crippen LogP contribution < -0.4 is 5.32 Å². The maximum atomic E-state index is 5.86. The van der Waals surface area contributed by atoms with Crippen molar-refractivity contribution in [3.05, 3.63) is 53.1 Å². The summed E-state index contributed by atoms with van der Waals surface area (Å²) in [5.41, 5.74) is 2.24. The van der Waals surface area contributed by atoms with E-state index in [2.05, 4.69) is 21.1 Å². The monoisotopic (exact) mass is 279 g/mol. The number of halogens is 1. The third kappa shape index (κ3) is 4.67. The molecule has 19 heavy (non-hydrogen) atoms. The third-order valence-electron chi connectivity index (χ3n) is 2.75. The number of hydrogen-bond donors (Lipinski definition) is 1. The molecular formula is C14H18ClN3O. The number of methoxy groups -OCH3 is 1. The summed E-state index contributed by atoms with van der Waals surface area (Å²) in [7, 11) is 1.70. The van der Waals surface area contributed by atoms with E-state index >= 15 is 0 Å². The average Bonchev–Trinajstić information content (AvgIpc) is 2.85. The number of aromatic nitrogens is 2. The summed E-state index contributed by atoms with van der Waals surface area (Å²) < 4.78 is 7.04. The summed E-state index contributed by atoms with van der Waals surface area (Å²) in [5.74, 6) is 0. The van der Waals surface area contributed by atoms with E-state index in [0.717, 1.165) is 30.4 Å². The molecule has 0 spiro atoms. The fourth-order valence-electron chi connectivity index (χ4n) is 1.78. The van der Waals surface area contributed by atoms with E-state index in [9.17, 15) is 0 Å². The molecule has 1 heterocycles. The molecule has 1 aromatic heterocycles. The predicted molar refractivity (Wildman–Crippen MR) is 76.4 cm³/mol. The lowest BCUT2D eigenvalue weighted by Gasteiger charge is -2.03. The number of hydrogen-bond acceptors (Lipinski definition) is 3. The SMILES string of the molecule is COCCNCc1cn(Cc2ccc(Cl)cc2)cn1. The Morgan fingerprint density at radius 3 is 2.84 bits per heavy atom. The second-order valence-corrected chi connectivity index (χ2v) is 4.77. The van der Waals surface area contributed by atoms with Gasteiger partial charge in [0, 0.05) is 38.0 Å². The van der Waals surface area contributed by atoms with Crippen molar-refractivity contribution in [1.29, 1.82) is 0 Å². The molecule has 0 saturated carbocycles. The van der Waals surface area contributed by atoms with Crippen LogP contribution in [0.25, 0.3) is 0 Å². The van der Waals surface area contributed by atoms with E-state index in [1.807, 2.05) is 30.6 Å². The summed E-state index contributed by atoms with van der Waals surface area (Å²) in [4.78, 5) is 4.36. The molecule has 0 atom stereocenters. The Morgan fingerprint density at radius 2 is 2.11 bits per heavy atom. The molecule has 1 N–H and O–H groups in total. The van der Waals surface area contributed by atoms with Crippen molar-refractivity contribution in [2.24, 2.45) is 0 Å². The zero-order valence-corrected chi connectivity index (χ0v) is 11.7. The third-order valence-corrected chi connectivity index (χ3v) is 3.01. The van der Waals surface area contributed by atoms with Crippen LogP contribution >= 0.6 is 11.6 Å². The molecule has 102 valence electrons. The Hall–Kier alpha value is -1.36. The van der Waals surface area contributed by atoms with Gasteiger partial charge in [0.25, 0.3) is 0 Å². The van der Waals surface area contributed by atoms with E-state index in [4.69, 9.17) is 16.3 Å². The predicted octanol–water partition coefficient (Wildman–Crippen LogP) is 2.32. The highest BCUT2D eigenvalue weighted by Gasteiger charge is 2.00. The Bertz CT molecular complexity index is 496. The molecule has 4 nitrogen and oxygen atoms in total. The summed E-state index contributed by atoms with van der Waals surface area (Å²) in [6.45, 7) is 3.12. The first-order chi connectivity index (χ1) is 9.28. The Morgan fingerprint density at radius 1 is 1.32 bits per heavy atom. The largest absolute Gasteiger partial charge is 0.383 e. The van der Waals surface area contributed by atoms with Crippen LogP contribution in [0.4, 0.5) is 0 Å². The zero-order chi connectivity index (χ0) is 13.5. The van der Waals surface area contributed by atoms with Gasteiger partial charge in [-0.25, -0.2) is 4.98 Å². The average molecular weight is 280 g/mol. The molecular weight excluding hydrogens is 262 g/mol. The quantitative estimate of drug-likeness (QED) is 0.791. The number of nitrogens with one attached hydrogen (secondary N) is 1. The normalized spacial score (nSPS) is 10.8. The first-order valence-corrected chi connectivity index (χ1v) is 6.60. The number of imidazole rings is 1. The van der Waals surface area contributed by atoms with E-state index in [1.54, 1.807) is 7.11 Å². The van der Waals surface area contributed by atoms with Crippen LogP contribution in [0.2, 0.25) is 5.02 Å². The summed E-state index contributed by atoms with van der Waals surface area (Å²) >= 11 is 5.86. The van der Waals surface area contributed by atoms with Gasteiger partial charge < -0.3 is 14.6 Å². The van der Waals surface area contributed by atoms with Crippen molar-refractivity contribution in [2.75, 3.05) is 20.3 Å². The van der Waals surface area contributed by atoms with Crippen LogP contribution in [0.15, 0.2) is 36.8 Å². The van der Waals surface area contributed by atoms with Gasteiger partial charge in [0.15, 0.2) is 0 Å². The first kappa shape index (κ1) is 14.1. The Labute approximate surface area is 118 Å². The van der Waals surface area contributed by atoms with E-state index in [1.165, 1.54) is 5.56 Å². The van der Waals surface area contributed by atoms with Crippen molar-refractivity contribution in [2.45, 2.75) is 13.1 Å². The van der Waals surface area contributed by atoms with Gasteiger partial charge in [0.05, 0.1) is 18.6 Å². The maximum Gasteiger partial charge on any atom is 0.0953 e. The van der Waals surface area contributed by atoms with Crippen LogP contribution in [-0.4, -0.2) is 29.8 Å². The Balaban J connectivity index is 1.85. The molecule has 0 fully saturated rings. The molecule has 0 amide bonds. The van der Waals surface area contributed by atoms with Crippen molar-refractivity contribution in [3.63, 3.8) is 0 Å². The van der Waals surface area contributed by atoms with E-state index < -0.39 is 0 Å². The minimum Gasteiger partial charge on any atom is -0.383 e. The van der Waals surface area contributed by atoms with Gasteiger partial charge in [0.1, 0.15) is 0 Å². The smallest absolute Gasteiger partial charge is 0.0953 e. The van der Waals surface area contributed by atoms with Gasteiger partial charge in [-0.2, -0.15) is 0 Å². The fraction of sp³-hybridized carbons (Fsp3) is 0.357. The van der Waals surface area contributed by atoms with Crippen LogP contribution in [0.3, 0.4) is 0 Å². The standard InChI is InChI=1S/C14H18ClN3O/c1-19-7-6-16-8-14-10-18(11-17-14)9-12-2-4-13(15)5-3-12/h2-5,10-11,16H,6-9H2,1H3. The Kier molecular flexibility index (Phi) is 5.39. The van der Waals surface area contributed by atoms with E-state index in [0.29, 0.717) is 6.61 Å². The number of ether oxygens (including phenoxy) is 1. The van der Waals surface area contributed by atoms with Crippen LogP contribution in [0, 0.1) is 0 Å². The van der Waals surface area contributed by atoms with E-state index in [-0.39, 0.29) is 0 Å². The van der Waals surface area contributed by atoms with Crippen LogP contribution in [0.1, 0.15) is 11.3 Å². The highest BCUT2D eigenvalue weighted by molar-refractivity contribution is 6.30. The minimum atomic E-state index is 0.714. The van der Waals surface area contributed by atoms with Crippen LogP contribution in [-0.2, 0) is 17.8 Å². The molecule has 2 rings (SSSR count). The molecule has 0 saturated heterocycles. The van der Waals surface area contributed by atoms with Crippen molar-refractivity contribution in [3.8, 4) is 0 Å². The molecule has 2 aromatic rings. The topological polar surface area (TPSA) is 39.1 Å². The van der Waals surface area contributed by atoms with Crippen molar-refractivity contribution in [1.82, 2.24) is 14.9 Å².